The molecule has 2 atom stereocenters. The second-order valence-corrected chi connectivity index (χ2v) is 6.84. The number of carbonyl (C=O) groups excluding carboxylic acids is 2. The van der Waals surface area contributed by atoms with Crippen LogP contribution < -0.4 is 0 Å². The maximum atomic E-state index is 13.0. The van der Waals surface area contributed by atoms with Crippen LogP contribution in [0.25, 0.3) is 6.08 Å². The Bertz CT molecular complexity index is 669. The minimum Gasteiger partial charge on any atom is -0.396 e. The van der Waals surface area contributed by atoms with E-state index in [2.05, 4.69) is 0 Å². The van der Waals surface area contributed by atoms with Crippen LogP contribution >= 0.6 is 0 Å². The average Bonchev–Trinajstić information content (AvgIpc) is 2.62. The summed E-state index contributed by atoms with van der Waals surface area (Å²) in [5.74, 6) is 0.00797. The molecule has 0 saturated carbocycles. The molecule has 5 nitrogen and oxygen atoms in total. The van der Waals surface area contributed by atoms with Crippen molar-refractivity contribution in [2.45, 2.75) is 51.1 Å². The van der Waals surface area contributed by atoms with Gasteiger partial charge in [0, 0.05) is 32.3 Å². The molecule has 2 aliphatic rings. The number of benzene rings is 1. The molecule has 2 aliphatic heterocycles. The molecule has 1 aromatic carbocycles. The smallest absolute Gasteiger partial charge is 0.225 e. The molecule has 25 heavy (non-hydrogen) atoms. The van der Waals surface area contributed by atoms with Crippen LogP contribution in [0, 0.1) is 0 Å². The van der Waals surface area contributed by atoms with E-state index in [9.17, 15) is 14.7 Å². The summed E-state index contributed by atoms with van der Waals surface area (Å²) in [7, 11) is 0. The third-order valence-electron chi connectivity index (χ3n) is 5.25. The first kappa shape index (κ1) is 17.7. The van der Waals surface area contributed by atoms with E-state index in [1.807, 2.05) is 35.2 Å². The first-order chi connectivity index (χ1) is 12.1. The van der Waals surface area contributed by atoms with E-state index in [0.29, 0.717) is 6.42 Å². The second-order valence-electron chi connectivity index (χ2n) is 6.84. The molecular weight excluding hydrogens is 316 g/mol. The molecule has 5 heteroatoms. The summed E-state index contributed by atoms with van der Waals surface area (Å²) in [6, 6.07) is 7.77. The van der Waals surface area contributed by atoms with Gasteiger partial charge in [0.25, 0.3) is 0 Å². The molecule has 134 valence electrons. The molecule has 1 fully saturated rings. The third-order valence-corrected chi connectivity index (χ3v) is 5.25. The molecule has 0 spiro atoms. The van der Waals surface area contributed by atoms with Gasteiger partial charge in [0.15, 0.2) is 0 Å². The van der Waals surface area contributed by atoms with Gasteiger partial charge in [-0.2, -0.15) is 0 Å². The summed E-state index contributed by atoms with van der Waals surface area (Å²) in [5.41, 5.74) is 2.08. The molecule has 2 unspecified atom stereocenters. The Morgan fingerprint density at radius 2 is 2.04 bits per heavy atom. The summed E-state index contributed by atoms with van der Waals surface area (Å²) in [6.07, 6.45) is 7.67. The molecule has 2 heterocycles. The zero-order chi connectivity index (χ0) is 17.8. The summed E-state index contributed by atoms with van der Waals surface area (Å²) < 4.78 is 0. The highest BCUT2D eigenvalue weighted by Crippen LogP contribution is 2.34. The van der Waals surface area contributed by atoms with Crippen LogP contribution in [-0.4, -0.2) is 45.9 Å². The van der Waals surface area contributed by atoms with Crippen molar-refractivity contribution in [3.63, 3.8) is 0 Å². The van der Waals surface area contributed by atoms with Crippen LogP contribution in [0.3, 0.4) is 0 Å². The maximum absolute atomic E-state index is 13.0. The lowest BCUT2D eigenvalue weighted by molar-refractivity contribution is -0.137. The quantitative estimate of drug-likeness (QED) is 0.915. The number of amides is 2. The van der Waals surface area contributed by atoms with Gasteiger partial charge in [0.05, 0.1) is 12.5 Å². The van der Waals surface area contributed by atoms with Gasteiger partial charge < -0.3 is 14.9 Å². The predicted molar refractivity (Wildman–Crippen MR) is 96.4 cm³/mol. The summed E-state index contributed by atoms with van der Waals surface area (Å²) in [4.78, 5) is 28.6. The average molecular weight is 342 g/mol. The van der Waals surface area contributed by atoms with Crippen molar-refractivity contribution >= 4 is 17.9 Å². The standard InChI is InChI=1S/C20H26N2O3/c1-15(24)21-12-9-16-6-2-3-8-18(16)19(21)14-20(25)22-11-5-4-7-17(22)10-13-23/h2-3,6,8-9,12,17,19,23H,4-5,7,10-11,13-14H2,1H3. The Morgan fingerprint density at radius 3 is 2.80 bits per heavy atom. The molecule has 0 radical (unpaired) electrons. The number of aliphatic hydroxyl groups excluding tert-OH is 1. The van der Waals surface area contributed by atoms with Crippen LogP contribution in [0.2, 0.25) is 0 Å². The molecule has 0 aliphatic carbocycles. The zero-order valence-electron chi connectivity index (χ0n) is 14.7. The van der Waals surface area contributed by atoms with E-state index < -0.39 is 0 Å². The van der Waals surface area contributed by atoms with Gasteiger partial charge >= 0.3 is 0 Å². The van der Waals surface area contributed by atoms with E-state index in [1.54, 1.807) is 11.1 Å². The van der Waals surface area contributed by atoms with Crippen LogP contribution in [0.15, 0.2) is 30.5 Å². The molecule has 1 N–H and O–H groups in total. The van der Waals surface area contributed by atoms with Crippen molar-refractivity contribution < 1.29 is 14.7 Å². The minimum atomic E-state index is -0.261. The molecule has 0 bridgehead atoms. The number of fused-ring (bicyclic) bond motifs is 1. The highest BCUT2D eigenvalue weighted by Gasteiger charge is 2.32. The van der Waals surface area contributed by atoms with Crippen LogP contribution in [0.1, 0.15) is 56.2 Å². The van der Waals surface area contributed by atoms with Crippen molar-refractivity contribution in [2.75, 3.05) is 13.2 Å². The van der Waals surface area contributed by atoms with Gasteiger partial charge in [0.2, 0.25) is 11.8 Å². The van der Waals surface area contributed by atoms with Crippen molar-refractivity contribution in [3.8, 4) is 0 Å². The Kier molecular flexibility index (Phi) is 5.53. The highest BCUT2D eigenvalue weighted by atomic mass is 16.3. The Labute approximate surface area is 148 Å². The fourth-order valence-corrected chi connectivity index (χ4v) is 3.97. The van der Waals surface area contributed by atoms with Gasteiger partial charge in [0.1, 0.15) is 0 Å². The molecule has 0 aromatic heterocycles. The molecular formula is C20H26N2O3. The number of likely N-dealkylation sites (tertiary alicyclic amines) is 1. The number of hydrogen-bond acceptors (Lipinski definition) is 3. The van der Waals surface area contributed by atoms with Crippen molar-refractivity contribution in [1.82, 2.24) is 9.80 Å². The molecule has 2 amide bonds. The van der Waals surface area contributed by atoms with E-state index in [4.69, 9.17) is 0 Å². The van der Waals surface area contributed by atoms with E-state index in [0.717, 1.165) is 36.9 Å². The SMILES string of the molecule is CC(=O)N1C=Cc2ccccc2C1CC(=O)N1CCCCC1CCO. The van der Waals surface area contributed by atoms with Gasteiger partial charge in [-0.25, -0.2) is 0 Å². The molecule has 1 aromatic rings. The monoisotopic (exact) mass is 342 g/mol. The van der Waals surface area contributed by atoms with Crippen LogP contribution in [0.5, 0.6) is 0 Å². The lowest BCUT2D eigenvalue weighted by Gasteiger charge is -2.38. The van der Waals surface area contributed by atoms with E-state index in [1.165, 1.54) is 6.92 Å². The van der Waals surface area contributed by atoms with Crippen molar-refractivity contribution in [2.24, 2.45) is 0 Å². The number of rotatable bonds is 4. The predicted octanol–water partition coefficient (Wildman–Crippen LogP) is 2.71. The van der Waals surface area contributed by atoms with Gasteiger partial charge in [-0.15, -0.1) is 0 Å². The lowest BCUT2D eigenvalue weighted by atomic mass is 9.92. The lowest BCUT2D eigenvalue weighted by Crippen LogP contribution is -2.45. The normalized spacial score (nSPS) is 22.6. The molecule has 3 rings (SSSR count). The van der Waals surface area contributed by atoms with Crippen LogP contribution in [-0.2, 0) is 9.59 Å². The first-order valence-electron chi connectivity index (χ1n) is 9.08. The number of carbonyl (C=O) groups is 2. The van der Waals surface area contributed by atoms with Gasteiger partial charge in [-0.3, -0.25) is 9.59 Å². The summed E-state index contributed by atoms with van der Waals surface area (Å²) in [6.45, 7) is 2.38. The van der Waals surface area contributed by atoms with E-state index in [-0.39, 0.29) is 36.9 Å². The third kappa shape index (κ3) is 3.76. The zero-order valence-corrected chi connectivity index (χ0v) is 14.7. The largest absolute Gasteiger partial charge is 0.396 e. The van der Waals surface area contributed by atoms with Gasteiger partial charge in [-0.1, -0.05) is 24.3 Å². The summed E-state index contributed by atoms with van der Waals surface area (Å²) >= 11 is 0. The Hall–Kier alpha value is -2.14. The topological polar surface area (TPSA) is 60.9 Å². The van der Waals surface area contributed by atoms with Gasteiger partial charge in [-0.05, 0) is 42.9 Å². The van der Waals surface area contributed by atoms with Crippen LogP contribution in [0.4, 0.5) is 0 Å². The summed E-state index contributed by atoms with van der Waals surface area (Å²) in [5, 5.41) is 9.28. The second kappa shape index (κ2) is 7.83. The fraction of sp³-hybridized carbons (Fsp3) is 0.500. The Balaban J connectivity index is 1.82. The first-order valence-corrected chi connectivity index (χ1v) is 9.08. The van der Waals surface area contributed by atoms with Crippen molar-refractivity contribution in [3.05, 3.63) is 41.6 Å². The minimum absolute atomic E-state index is 0.0610. The number of piperidine rings is 1. The highest BCUT2D eigenvalue weighted by molar-refractivity contribution is 5.82. The maximum Gasteiger partial charge on any atom is 0.225 e. The molecule has 1 saturated heterocycles. The number of aliphatic hydroxyl groups is 1. The number of nitrogens with zero attached hydrogens (tertiary/aromatic N) is 2. The van der Waals surface area contributed by atoms with E-state index >= 15 is 0 Å². The fourth-order valence-electron chi connectivity index (χ4n) is 3.97. The van der Waals surface area contributed by atoms with Crippen molar-refractivity contribution in [1.29, 1.82) is 0 Å². The Morgan fingerprint density at radius 1 is 1.24 bits per heavy atom. The number of hydrogen-bond donors (Lipinski definition) is 1.